The van der Waals surface area contributed by atoms with Crippen molar-refractivity contribution >= 4 is 22.8 Å². The number of likely N-dealkylation sites (tertiary alicyclic amines) is 1. The molecule has 0 unspecified atom stereocenters. The second-order valence-electron chi connectivity index (χ2n) is 11.2. The molecule has 9 nitrogen and oxygen atoms in total. The van der Waals surface area contributed by atoms with E-state index in [0.29, 0.717) is 28.8 Å². The van der Waals surface area contributed by atoms with Crippen molar-refractivity contribution in [1.29, 1.82) is 0 Å². The summed E-state index contributed by atoms with van der Waals surface area (Å²) in [5.74, 6) is 0.996. The molecule has 1 aliphatic carbocycles. The Morgan fingerprint density at radius 2 is 1.84 bits per heavy atom. The molecule has 0 radical (unpaired) electrons. The maximum Gasteiger partial charge on any atom is 0.416 e. The van der Waals surface area contributed by atoms with Crippen molar-refractivity contribution in [2.24, 2.45) is 0 Å². The number of rotatable bonds is 6. The number of piperidine rings is 1. The third-order valence-corrected chi connectivity index (χ3v) is 8.37. The fourth-order valence-electron chi connectivity index (χ4n) is 5.59. The molecule has 2 aromatic heterocycles. The molecule has 3 aliphatic rings. The lowest BCUT2D eigenvalue weighted by Gasteiger charge is -2.49. The van der Waals surface area contributed by atoms with Crippen LogP contribution in [0.1, 0.15) is 44.6 Å². The lowest BCUT2D eigenvalue weighted by molar-refractivity contribution is -0.137. The highest BCUT2D eigenvalue weighted by Gasteiger charge is 2.40. The van der Waals surface area contributed by atoms with Crippen molar-refractivity contribution in [2.45, 2.75) is 62.4 Å². The maximum absolute atomic E-state index is 13.4. The molecule has 3 aromatic rings. The van der Waals surface area contributed by atoms with E-state index in [0.717, 1.165) is 70.4 Å². The monoisotopic (exact) mass is 531 g/mol. The fourth-order valence-corrected chi connectivity index (χ4v) is 5.59. The second-order valence-corrected chi connectivity index (χ2v) is 11.2. The molecule has 1 aromatic carbocycles. The van der Waals surface area contributed by atoms with E-state index in [4.69, 9.17) is 4.98 Å². The van der Waals surface area contributed by atoms with Gasteiger partial charge in [0.2, 0.25) is 5.95 Å². The fraction of sp³-hybridized carbons (Fsp3) is 0.577. The summed E-state index contributed by atoms with van der Waals surface area (Å²) in [5, 5.41) is 28.6. The molecule has 12 heteroatoms. The Morgan fingerprint density at radius 1 is 1.11 bits per heavy atom. The number of benzene rings is 1. The number of hydrogen-bond acceptors (Lipinski definition) is 8. The molecular weight excluding hydrogens is 499 g/mol. The summed E-state index contributed by atoms with van der Waals surface area (Å²) in [7, 11) is 0. The van der Waals surface area contributed by atoms with Crippen molar-refractivity contribution < 1.29 is 23.4 Å². The molecule has 2 aliphatic heterocycles. The minimum atomic E-state index is -4.47. The first kappa shape index (κ1) is 25.3. The first-order chi connectivity index (χ1) is 18.1. The second kappa shape index (κ2) is 9.06. The highest BCUT2D eigenvalue weighted by molar-refractivity contribution is 5.89. The Labute approximate surface area is 218 Å². The van der Waals surface area contributed by atoms with Gasteiger partial charge in [-0.05, 0) is 57.2 Å². The van der Waals surface area contributed by atoms with Gasteiger partial charge in [-0.1, -0.05) is 6.07 Å². The molecule has 38 heavy (non-hydrogen) atoms. The lowest BCUT2D eigenvalue weighted by atomic mass is 9.77. The van der Waals surface area contributed by atoms with Gasteiger partial charge >= 0.3 is 6.18 Å². The normalized spacial score (nSPS) is 21.8. The van der Waals surface area contributed by atoms with E-state index in [1.54, 1.807) is 12.3 Å². The summed E-state index contributed by atoms with van der Waals surface area (Å²) in [6, 6.07) is 5.36. The first-order valence-electron chi connectivity index (χ1n) is 13.1. The van der Waals surface area contributed by atoms with Crippen LogP contribution < -0.4 is 10.2 Å². The Kier molecular flexibility index (Phi) is 6.04. The Bertz CT molecular complexity index is 1320. The number of aliphatic hydroxyl groups is 2. The van der Waals surface area contributed by atoms with Gasteiger partial charge in [-0.15, -0.1) is 0 Å². The van der Waals surface area contributed by atoms with Crippen molar-refractivity contribution in [2.75, 3.05) is 43.0 Å². The summed E-state index contributed by atoms with van der Waals surface area (Å²) in [6.07, 6.45) is 1.17. The van der Waals surface area contributed by atoms with Crippen LogP contribution in [-0.4, -0.2) is 84.8 Å². The van der Waals surface area contributed by atoms with Crippen LogP contribution >= 0.6 is 0 Å². The predicted molar refractivity (Wildman–Crippen MR) is 136 cm³/mol. The van der Waals surface area contributed by atoms with Gasteiger partial charge in [0.05, 0.1) is 40.6 Å². The van der Waals surface area contributed by atoms with Crippen LogP contribution in [0, 0.1) is 0 Å². The number of fused-ring (bicyclic) bond motifs is 1. The molecule has 204 valence electrons. The quantitative estimate of drug-likeness (QED) is 0.446. The lowest BCUT2D eigenvalue weighted by Crippen LogP contribution is -2.62. The van der Waals surface area contributed by atoms with E-state index < -0.39 is 22.9 Å². The van der Waals surface area contributed by atoms with E-state index in [1.165, 1.54) is 10.7 Å². The molecule has 2 saturated heterocycles. The van der Waals surface area contributed by atoms with Gasteiger partial charge in [0.15, 0.2) is 5.65 Å². The van der Waals surface area contributed by atoms with E-state index in [9.17, 15) is 23.4 Å². The average molecular weight is 532 g/mol. The van der Waals surface area contributed by atoms with E-state index >= 15 is 0 Å². The van der Waals surface area contributed by atoms with Crippen LogP contribution in [0.4, 0.5) is 24.9 Å². The Morgan fingerprint density at radius 3 is 2.47 bits per heavy atom. The highest BCUT2D eigenvalue weighted by Crippen LogP contribution is 2.37. The first-order valence-corrected chi connectivity index (χ1v) is 13.1. The summed E-state index contributed by atoms with van der Waals surface area (Å²) in [5.41, 5.74) is -1.20. The summed E-state index contributed by atoms with van der Waals surface area (Å²) in [4.78, 5) is 14.0. The largest absolute Gasteiger partial charge is 0.416 e. The van der Waals surface area contributed by atoms with Crippen molar-refractivity contribution in [3.63, 3.8) is 0 Å². The molecule has 0 spiro atoms. The summed E-state index contributed by atoms with van der Waals surface area (Å²) >= 11 is 0. The smallest absolute Gasteiger partial charge is 0.394 e. The van der Waals surface area contributed by atoms with Crippen molar-refractivity contribution in [1.82, 2.24) is 24.6 Å². The van der Waals surface area contributed by atoms with E-state index in [-0.39, 0.29) is 12.3 Å². The minimum Gasteiger partial charge on any atom is -0.394 e. The van der Waals surface area contributed by atoms with Crippen LogP contribution in [0.15, 0.2) is 30.5 Å². The SMILES string of the molecule is CC1(O)CCN(C2CN(c3nc(NC4(CO)CCC4)nc4c3cnn4-c3cccc(C(F)(F)F)c3)C2)CC1. The molecule has 3 N–H and O–H groups in total. The maximum atomic E-state index is 13.4. The minimum absolute atomic E-state index is 0.0544. The molecular formula is C26H32F3N7O2. The zero-order valence-corrected chi connectivity index (χ0v) is 21.2. The van der Waals surface area contributed by atoms with Gasteiger partial charge in [0.25, 0.3) is 0 Å². The number of halogens is 3. The Hall–Kier alpha value is -2.96. The number of nitrogens with zero attached hydrogens (tertiary/aromatic N) is 6. The molecule has 0 atom stereocenters. The third-order valence-electron chi connectivity index (χ3n) is 8.37. The highest BCUT2D eigenvalue weighted by atomic mass is 19.4. The third kappa shape index (κ3) is 4.58. The standard InChI is InChI=1S/C26H32F3N7O2/c1-24(38)8-10-34(11-9-24)19-14-35(15-19)21-20-13-30-36(18-5-2-4-17(12-18)26(27,28)29)22(20)32-23(31-21)33-25(16-37)6-3-7-25/h2,4-5,12-13,19,37-38H,3,6-11,14-16H2,1H3,(H,31,32,33). The predicted octanol–water partition coefficient (Wildman–Crippen LogP) is 3.20. The zero-order chi connectivity index (χ0) is 26.7. The molecule has 6 rings (SSSR count). The summed E-state index contributed by atoms with van der Waals surface area (Å²) in [6.45, 7) is 4.99. The topological polar surface area (TPSA) is 103 Å². The van der Waals surface area contributed by atoms with E-state index in [1.807, 2.05) is 6.92 Å². The van der Waals surface area contributed by atoms with Gasteiger partial charge in [-0.3, -0.25) is 4.90 Å². The van der Waals surface area contributed by atoms with Gasteiger partial charge in [-0.2, -0.15) is 28.2 Å². The van der Waals surface area contributed by atoms with Gasteiger partial charge < -0.3 is 20.4 Å². The van der Waals surface area contributed by atoms with Gasteiger partial charge in [0.1, 0.15) is 5.82 Å². The summed E-state index contributed by atoms with van der Waals surface area (Å²) < 4.78 is 41.6. The number of aliphatic hydroxyl groups excluding tert-OH is 1. The van der Waals surface area contributed by atoms with Crippen molar-refractivity contribution in [3.05, 3.63) is 36.0 Å². The molecule has 3 fully saturated rings. The number of aromatic nitrogens is 4. The van der Waals surface area contributed by atoms with Gasteiger partial charge in [0, 0.05) is 32.2 Å². The number of anilines is 2. The number of hydrogen-bond donors (Lipinski definition) is 3. The molecule has 0 bridgehead atoms. The van der Waals surface area contributed by atoms with E-state index in [2.05, 4.69) is 25.2 Å². The van der Waals surface area contributed by atoms with Crippen LogP contribution in [-0.2, 0) is 6.18 Å². The van der Waals surface area contributed by atoms with Crippen LogP contribution in [0.5, 0.6) is 0 Å². The number of alkyl halides is 3. The molecule has 0 amide bonds. The van der Waals surface area contributed by atoms with Crippen LogP contribution in [0.3, 0.4) is 0 Å². The Balaban J connectivity index is 1.34. The zero-order valence-electron chi connectivity index (χ0n) is 21.2. The van der Waals surface area contributed by atoms with Crippen LogP contribution in [0.2, 0.25) is 0 Å². The number of nitrogens with one attached hydrogen (secondary N) is 1. The van der Waals surface area contributed by atoms with Gasteiger partial charge in [-0.25, -0.2) is 4.68 Å². The molecule has 4 heterocycles. The average Bonchev–Trinajstić information content (AvgIpc) is 3.25. The van der Waals surface area contributed by atoms with Crippen LogP contribution in [0.25, 0.3) is 16.7 Å². The molecule has 1 saturated carbocycles. The van der Waals surface area contributed by atoms with Crippen molar-refractivity contribution in [3.8, 4) is 5.69 Å².